The van der Waals surface area contributed by atoms with Crippen molar-refractivity contribution in [3.05, 3.63) is 92.5 Å². The molecule has 5 aliphatic heterocycles. The van der Waals surface area contributed by atoms with Gasteiger partial charge < -0.3 is 14.7 Å². The lowest BCUT2D eigenvalue weighted by Crippen LogP contribution is -2.36. The second-order valence-corrected chi connectivity index (χ2v) is 10.7. The molecule has 6 heterocycles. The van der Waals surface area contributed by atoms with E-state index < -0.39 is 5.97 Å². The van der Waals surface area contributed by atoms with Crippen molar-refractivity contribution in [3.63, 3.8) is 0 Å². The zero-order chi connectivity index (χ0) is 27.1. The Hall–Kier alpha value is -3.75. The van der Waals surface area contributed by atoms with Crippen molar-refractivity contribution in [2.24, 2.45) is 0 Å². The van der Waals surface area contributed by atoms with Gasteiger partial charge in [0.15, 0.2) is 0 Å². The predicted octanol–water partition coefficient (Wildman–Crippen LogP) is 5.12. The van der Waals surface area contributed by atoms with Gasteiger partial charge in [-0.3, -0.25) is 9.59 Å². The summed E-state index contributed by atoms with van der Waals surface area (Å²) in [5, 5.41) is 19.1. The number of carbonyl (C=O) groups excluding carboxylic acids is 1. The van der Waals surface area contributed by atoms with Crippen LogP contribution in [-0.2, 0) is 35.6 Å². The van der Waals surface area contributed by atoms with E-state index in [0.717, 1.165) is 51.7 Å². The summed E-state index contributed by atoms with van der Waals surface area (Å²) in [6.07, 6.45) is 1.42. The Bertz CT molecular complexity index is 1600. The molecule has 0 saturated heterocycles. The first-order valence-electron chi connectivity index (χ1n) is 13.2. The fraction of sp³-hybridized carbons (Fsp3) is 0.333. The number of nitrogens with zero attached hydrogens (tertiary/aromatic N) is 4. The predicted molar refractivity (Wildman–Crippen MR) is 147 cm³/mol. The summed E-state index contributed by atoms with van der Waals surface area (Å²) in [6, 6.07) is 15.6. The minimum atomic E-state index is -0.874. The fourth-order valence-electron chi connectivity index (χ4n) is 5.77. The maximum Gasteiger partial charge on any atom is 0.304 e. The third-order valence-corrected chi connectivity index (χ3v) is 8.17. The van der Waals surface area contributed by atoms with Crippen molar-refractivity contribution in [1.29, 1.82) is 0 Å². The maximum absolute atomic E-state index is 13.5. The molecule has 1 unspecified atom stereocenters. The van der Waals surface area contributed by atoms with Crippen molar-refractivity contribution in [1.82, 2.24) is 19.9 Å². The van der Waals surface area contributed by atoms with Crippen LogP contribution in [0.3, 0.4) is 0 Å². The number of aryl methyl sites for hydroxylation is 2. The number of aliphatic carboxylic acids is 1. The summed E-state index contributed by atoms with van der Waals surface area (Å²) >= 11 is 6.56. The average molecular weight is 545 g/mol. The lowest BCUT2D eigenvalue weighted by Gasteiger charge is -2.30. The Balaban J connectivity index is 1.45. The van der Waals surface area contributed by atoms with Gasteiger partial charge in [-0.05, 0) is 71.3 Å². The number of ether oxygens (including phenoxy) is 1. The van der Waals surface area contributed by atoms with Crippen LogP contribution in [0.4, 0.5) is 0 Å². The van der Waals surface area contributed by atoms with Gasteiger partial charge in [-0.2, -0.15) is 0 Å². The zero-order valence-corrected chi connectivity index (χ0v) is 22.4. The van der Waals surface area contributed by atoms with E-state index in [1.807, 2.05) is 40.8 Å². The summed E-state index contributed by atoms with van der Waals surface area (Å²) in [5.74, 6) is -1.35. The number of hydrogen-bond acceptors (Lipinski definition) is 5. The van der Waals surface area contributed by atoms with Gasteiger partial charge in [0.05, 0.1) is 29.1 Å². The lowest BCUT2D eigenvalue weighted by atomic mass is 9.83. The number of benzene rings is 3. The number of aromatic nitrogens is 3. The first-order valence-corrected chi connectivity index (χ1v) is 13.6. The van der Waals surface area contributed by atoms with E-state index in [9.17, 15) is 14.7 Å². The molecule has 3 aromatic carbocycles. The minimum Gasteiger partial charge on any atom is -0.481 e. The summed E-state index contributed by atoms with van der Waals surface area (Å²) in [5.41, 5.74) is 8.03. The highest BCUT2D eigenvalue weighted by Gasteiger charge is 2.27. The quantitative estimate of drug-likeness (QED) is 0.376. The van der Waals surface area contributed by atoms with E-state index in [1.54, 1.807) is 12.1 Å². The van der Waals surface area contributed by atoms with E-state index in [1.165, 1.54) is 5.56 Å². The molecule has 0 saturated carbocycles. The lowest BCUT2D eigenvalue weighted by molar-refractivity contribution is -0.137. The molecule has 0 radical (unpaired) electrons. The molecule has 8 nitrogen and oxygen atoms in total. The molecule has 9 heteroatoms. The molecular weight excluding hydrogens is 516 g/mol. The van der Waals surface area contributed by atoms with Crippen molar-refractivity contribution in [2.75, 3.05) is 13.2 Å². The number of carboxylic acid groups (broad SMARTS) is 1. The van der Waals surface area contributed by atoms with Crippen LogP contribution in [0, 0.1) is 6.92 Å². The van der Waals surface area contributed by atoms with Crippen molar-refractivity contribution >= 4 is 34.5 Å². The third-order valence-electron chi connectivity index (χ3n) is 7.86. The van der Waals surface area contributed by atoms with Gasteiger partial charge in [0.25, 0.3) is 5.91 Å². The maximum atomic E-state index is 13.5. The average Bonchev–Trinajstić information content (AvgIpc) is 3.34. The molecule has 200 valence electrons. The molecule has 0 spiro atoms. The van der Waals surface area contributed by atoms with E-state index >= 15 is 0 Å². The molecule has 1 atom stereocenters. The monoisotopic (exact) mass is 544 g/mol. The van der Waals surface area contributed by atoms with Gasteiger partial charge >= 0.3 is 5.97 Å². The molecular formula is C30H29ClN4O4. The molecule has 0 fully saturated rings. The molecule has 5 aliphatic rings. The summed E-state index contributed by atoms with van der Waals surface area (Å²) < 4.78 is 7.74. The van der Waals surface area contributed by atoms with E-state index in [2.05, 4.69) is 22.4 Å². The largest absolute Gasteiger partial charge is 0.481 e. The van der Waals surface area contributed by atoms with Crippen LogP contribution in [0.25, 0.3) is 11.0 Å². The van der Waals surface area contributed by atoms with Crippen molar-refractivity contribution < 1.29 is 19.4 Å². The van der Waals surface area contributed by atoms with E-state index in [-0.39, 0.29) is 18.2 Å². The number of carbonyl (C=O) groups is 2. The Morgan fingerprint density at radius 3 is 2.82 bits per heavy atom. The first kappa shape index (κ1) is 25.5. The highest BCUT2D eigenvalue weighted by atomic mass is 35.5. The molecule has 39 heavy (non-hydrogen) atoms. The number of halogens is 1. The number of rotatable bonds is 2. The molecule has 1 amide bonds. The van der Waals surface area contributed by atoms with Crippen LogP contribution in [0.2, 0.25) is 5.02 Å². The van der Waals surface area contributed by atoms with Gasteiger partial charge in [0, 0.05) is 32.2 Å². The smallest absolute Gasteiger partial charge is 0.304 e. The molecule has 9 bridgehead atoms. The highest BCUT2D eigenvalue weighted by Crippen LogP contribution is 2.35. The SMILES string of the molecule is Cc1c2ccc3c1nnn3CCCOCc1ccc(c(Cl)c1)C(=O)N1CCc3ccc(cc3C1)C2CC(=O)O. The number of amides is 1. The molecule has 0 aliphatic carbocycles. The molecule has 1 N–H and O–H groups in total. The van der Waals surface area contributed by atoms with Crippen LogP contribution in [-0.4, -0.2) is 50.0 Å². The summed E-state index contributed by atoms with van der Waals surface area (Å²) in [4.78, 5) is 27.3. The first-order chi connectivity index (χ1) is 18.9. The molecule has 1 aromatic heterocycles. The van der Waals surface area contributed by atoms with E-state index in [4.69, 9.17) is 16.3 Å². The number of hydrogen-bond donors (Lipinski definition) is 1. The van der Waals surface area contributed by atoms with Crippen LogP contribution >= 0.6 is 11.6 Å². The summed E-state index contributed by atoms with van der Waals surface area (Å²) in [6.45, 7) is 4.59. The second-order valence-electron chi connectivity index (χ2n) is 10.3. The van der Waals surface area contributed by atoms with Gasteiger partial charge in [0.2, 0.25) is 0 Å². The molecule has 9 rings (SSSR count). The van der Waals surface area contributed by atoms with Gasteiger partial charge in [-0.1, -0.05) is 47.1 Å². The summed E-state index contributed by atoms with van der Waals surface area (Å²) in [7, 11) is 0. The van der Waals surface area contributed by atoms with Crippen LogP contribution in [0.1, 0.15) is 62.5 Å². The van der Waals surface area contributed by atoms with E-state index in [0.29, 0.717) is 43.4 Å². The van der Waals surface area contributed by atoms with Gasteiger partial charge in [-0.15, -0.1) is 5.10 Å². The standard InChI is InChI=1S/C30H29ClN4O4/c1-18-23-7-8-27-29(18)32-33-35(27)10-2-12-39-17-19-3-6-24(26(31)13-19)30(38)34-11-9-20-4-5-21(14-22(20)16-34)25(23)15-28(36)37/h3-8,13-14,25H,2,9-12,15-17H2,1H3,(H,36,37). The van der Waals surface area contributed by atoms with Crippen LogP contribution in [0.5, 0.6) is 0 Å². The van der Waals surface area contributed by atoms with Gasteiger partial charge in [-0.25, -0.2) is 4.68 Å². The Kier molecular flexibility index (Phi) is 6.83. The van der Waals surface area contributed by atoms with Crippen molar-refractivity contribution in [3.8, 4) is 0 Å². The molecule has 4 aromatic rings. The highest BCUT2D eigenvalue weighted by molar-refractivity contribution is 6.33. The fourth-order valence-corrected chi connectivity index (χ4v) is 6.06. The minimum absolute atomic E-state index is 0.0544. The normalized spacial score (nSPS) is 17.7. The Morgan fingerprint density at radius 2 is 2.00 bits per heavy atom. The topological polar surface area (TPSA) is 97.5 Å². The van der Waals surface area contributed by atoms with Gasteiger partial charge in [0.1, 0.15) is 5.52 Å². The second kappa shape index (κ2) is 10.4. The zero-order valence-electron chi connectivity index (χ0n) is 21.7. The Labute approximate surface area is 231 Å². The van der Waals surface area contributed by atoms with Crippen LogP contribution in [0.15, 0.2) is 48.5 Å². The van der Waals surface area contributed by atoms with Crippen LogP contribution < -0.4 is 0 Å². The Morgan fingerprint density at radius 1 is 1.13 bits per heavy atom. The third kappa shape index (κ3) is 4.90. The number of carboxylic acids is 1. The van der Waals surface area contributed by atoms with Crippen molar-refractivity contribution in [2.45, 2.75) is 51.8 Å².